The normalized spacial score (nSPS) is 18.5. The van der Waals surface area contributed by atoms with Gasteiger partial charge in [-0.15, -0.1) is 0 Å². The standard InChI is InChI=1S/C55H56O6/c1-6-7-8-13-36-18-20-37(21-19-36)38-26-29-42(30-27-38)60-53(56)40-24-22-39(23-25-40)41-28-31-43-45(34-41)46-35-59-54(2,3)51(46)44-32-33-55(61-52(43)44,47-14-9-11-16-49(47)57-4)48-15-10-12-17-50(48)58-5/h9-12,14-17,22-34,36-37H,6-8,13,18-21,35H2,1-5H3. The number of carbonyl (C=O) groups excluding carboxylic acids is 1. The predicted molar refractivity (Wildman–Crippen MR) is 244 cm³/mol. The van der Waals surface area contributed by atoms with Crippen LogP contribution in [-0.4, -0.2) is 20.2 Å². The van der Waals surface area contributed by atoms with Crippen molar-refractivity contribution in [1.29, 1.82) is 0 Å². The monoisotopic (exact) mass is 812 g/mol. The van der Waals surface area contributed by atoms with Gasteiger partial charge in [0.15, 0.2) is 5.60 Å². The molecule has 0 bridgehead atoms. The van der Waals surface area contributed by atoms with Crippen molar-refractivity contribution in [3.8, 4) is 34.1 Å². The summed E-state index contributed by atoms with van der Waals surface area (Å²) in [6.07, 6.45) is 14.8. The predicted octanol–water partition coefficient (Wildman–Crippen LogP) is 13.7. The van der Waals surface area contributed by atoms with Crippen LogP contribution in [0.5, 0.6) is 23.0 Å². The molecule has 312 valence electrons. The molecule has 6 aromatic carbocycles. The Bertz CT molecular complexity index is 2530. The van der Waals surface area contributed by atoms with E-state index in [9.17, 15) is 4.79 Å². The first-order chi connectivity index (χ1) is 29.7. The van der Waals surface area contributed by atoms with E-state index >= 15 is 0 Å². The van der Waals surface area contributed by atoms with Crippen LogP contribution in [-0.2, 0) is 22.5 Å². The van der Waals surface area contributed by atoms with Crippen LogP contribution < -0.4 is 18.9 Å². The van der Waals surface area contributed by atoms with Gasteiger partial charge in [0.05, 0.1) is 32.0 Å². The molecule has 9 rings (SSSR count). The summed E-state index contributed by atoms with van der Waals surface area (Å²) >= 11 is 0. The summed E-state index contributed by atoms with van der Waals surface area (Å²) in [5.41, 5.74) is 7.28. The Labute approximate surface area is 360 Å². The number of ether oxygens (including phenoxy) is 5. The Balaban J connectivity index is 0.995. The quantitative estimate of drug-likeness (QED) is 0.0697. The number of benzene rings is 6. The van der Waals surface area contributed by atoms with E-state index in [1.54, 1.807) is 14.2 Å². The molecular weight excluding hydrogens is 757 g/mol. The molecule has 0 atom stereocenters. The Morgan fingerprint density at radius 1 is 0.738 bits per heavy atom. The molecule has 1 fully saturated rings. The number of fused-ring (bicyclic) bond motifs is 6. The van der Waals surface area contributed by atoms with E-state index in [1.165, 1.54) is 56.9 Å². The van der Waals surface area contributed by atoms with Crippen LogP contribution in [0.1, 0.15) is 122 Å². The second-order valence-electron chi connectivity index (χ2n) is 17.5. The fourth-order valence-corrected chi connectivity index (χ4v) is 10.1. The van der Waals surface area contributed by atoms with E-state index in [0.717, 1.165) is 61.4 Å². The molecule has 6 aromatic rings. The van der Waals surface area contributed by atoms with Crippen LogP contribution in [0, 0.1) is 5.92 Å². The molecule has 0 spiro atoms. The van der Waals surface area contributed by atoms with E-state index in [2.05, 4.69) is 75.4 Å². The van der Waals surface area contributed by atoms with E-state index in [-0.39, 0.29) is 5.97 Å². The van der Waals surface area contributed by atoms with Gasteiger partial charge in [-0.2, -0.15) is 0 Å². The topological polar surface area (TPSA) is 63.2 Å². The van der Waals surface area contributed by atoms with Gasteiger partial charge >= 0.3 is 5.97 Å². The second kappa shape index (κ2) is 16.9. The van der Waals surface area contributed by atoms with Gasteiger partial charge in [-0.05, 0) is 128 Å². The molecule has 1 saturated carbocycles. The third-order valence-corrected chi connectivity index (χ3v) is 13.4. The molecule has 2 heterocycles. The molecule has 0 radical (unpaired) electrons. The van der Waals surface area contributed by atoms with E-state index < -0.39 is 11.2 Å². The van der Waals surface area contributed by atoms with Crippen molar-refractivity contribution in [2.45, 2.75) is 95.9 Å². The van der Waals surface area contributed by atoms with Gasteiger partial charge in [-0.3, -0.25) is 0 Å². The highest BCUT2D eigenvalue weighted by Crippen LogP contribution is 2.54. The summed E-state index contributed by atoms with van der Waals surface area (Å²) in [5, 5.41) is 2.05. The highest BCUT2D eigenvalue weighted by molar-refractivity contribution is 6.00. The Kier molecular flexibility index (Phi) is 11.2. The molecule has 0 unspecified atom stereocenters. The average molecular weight is 813 g/mol. The molecule has 0 N–H and O–H groups in total. The van der Waals surface area contributed by atoms with Crippen molar-refractivity contribution >= 4 is 22.8 Å². The van der Waals surface area contributed by atoms with Crippen LogP contribution in [0.25, 0.3) is 28.0 Å². The van der Waals surface area contributed by atoms with Gasteiger partial charge in [0.2, 0.25) is 0 Å². The van der Waals surface area contributed by atoms with Crippen molar-refractivity contribution in [2.75, 3.05) is 14.2 Å². The third-order valence-electron chi connectivity index (χ3n) is 13.4. The Hall–Kier alpha value is -5.85. The molecule has 6 nitrogen and oxygen atoms in total. The summed E-state index contributed by atoms with van der Waals surface area (Å²) in [7, 11) is 3.38. The lowest BCUT2D eigenvalue weighted by Crippen LogP contribution is -2.36. The van der Waals surface area contributed by atoms with Crippen molar-refractivity contribution in [3.05, 3.63) is 160 Å². The van der Waals surface area contributed by atoms with Gasteiger partial charge < -0.3 is 23.7 Å². The summed E-state index contributed by atoms with van der Waals surface area (Å²) < 4.78 is 31.7. The van der Waals surface area contributed by atoms with Crippen LogP contribution >= 0.6 is 0 Å². The molecule has 61 heavy (non-hydrogen) atoms. The number of esters is 1. The number of rotatable bonds is 12. The number of para-hydroxylation sites is 2. The summed E-state index contributed by atoms with van der Waals surface area (Å²) in [4.78, 5) is 13.4. The zero-order valence-corrected chi connectivity index (χ0v) is 36.1. The zero-order valence-electron chi connectivity index (χ0n) is 36.1. The van der Waals surface area contributed by atoms with E-state index in [0.29, 0.717) is 35.3 Å². The molecular formula is C55H56O6. The summed E-state index contributed by atoms with van der Waals surface area (Å²) in [6.45, 7) is 7.01. The van der Waals surface area contributed by atoms with Gasteiger partial charge in [0.1, 0.15) is 23.0 Å². The van der Waals surface area contributed by atoms with Crippen LogP contribution in [0.3, 0.4) is 0 Å². The minimum absolute atomic E-state index is 0.368. The molecule has 2 aliphatic heterocycles. The summed E-state index contributed by atoms with van der Waals surface area (Å²) in [5.74, 6) is 3.87. The maximum Gasteiger partial charge on any atom is 0.343 e. The highest BCUT2D eigenvalue weighted by Gasteiger charge is 2.45. The number of carbonyl (C=O) groups is 1. The molecule has 6 heteroatoms. The largest absolute Gasteiger partial charge is 0.496 e. The van der Waals surface area contributed by atoms with Crippen molar-refractivity contribution in [3.63, 3.8) is 0 Å². The molecule has 1 aliphatic carbocycles. The SMILES string of the molecule is CCCCCC1CCC(c2ccc(OC(=O)c3ccc(-c4ccc5c6c(c7c(c5c4)COC7(C)C)C=CC(c4ccccc4OC)(c4ccccc4OC)O6)cc3)cc2)CC1. The summed E-state index contributed by atoms with van der Waals surface area (Å²) in [6, 6.07) is 38.4. The maximum atomic E-state index is 13.4. The second-order valence-corrected chi connectivity index (χ2v) is 17.5. The first-order valence-corrected chi connectivity index (χ1v) is 22.1. The van der Waals surface area contributed by atoms with Gasteiger partial charge in [0, 0.05) is 27.6 Å². The minimum atomic E-state index is -1.06. The van der Waals surface area contributed by atoms with Gasteiger partial charge in [-0.25, -0.2) is 4.79 Å². The van der Waals surface area contributed by atoms with Gasteiger partial charge in [0.25, 0.3) is 0 Å². The van der Waals surface area contributed by atoms with E-state index in [4.69, 9.17) is 23.7 Å². The number of hydrogen-bond donors (Lipinski definition) is 0. The number of hydrogen-bond acceptors (Lipinski definition) is 6. The van der Waals surface area contributed by atoms with Crippen molar-refractivity contribution < 1.29 is 28.5 Å². The van der Waals surface area contributed by atoms with Crippen LogP contribution in [0.4, 0.5) is 0 Å². The lowest BCUT2D eigenvalue weighted by Gasteiger charge is -2.39. The fourth-order valence-electron chi connectivity index (χ4n) is 10.1. The Morgan fingerprint density at radius 2 is 1.39 bits per heavy atom. The van der Waals surface area contributed by atoms with E-state index in [1.807, 2.05) is 72.8 Å². The third kappa shape index (κ3) is 7.61. The van der Waals surface area contributed by atoms with Crippen molar-refractivity contribution in [2.24, 2.45) is 5.92 Å². The molecule has 0 amide bonds. The smallest absolute Gasteiger partial charge is 0.343 e. The lowest BCUT2D eigenvalue weighted by atomic mass is 9.77. The molecule has 3 aliphatic rings. The Morgan fingerprint density at radius 3 is 2.05 bits per heavy atom. The van der Waals surface area contributed by atoms with Crippen LogP contribution in [0.15, 0.2) is 121 Å². The number of unbranched alkanes of at least 4 members (excludes halogenated alkanes) is 2. The molecule has 0 aromatic heterocycles. The maximum absolute atomic E-state index is 13.4. The number of methoxy groups -OCH3 is 2. The zero-order chi connectivity index (χ0) is 42.1. The first-order valence-electron chi connectivity index (χ1n) is 22.1. The average Bonchev–Trinajstić information content (AvgIpc) is 3.64. The minimum Gasteiger partial charge on any atom is -0.496 e. The lowest BCUT2D eigenvalue weighted by molar-refractivity contribution is -0.00803. The van der Waals surface area contributed by atoms with Gasteiger partial charge in [-0.1, -0.05) is 111 Å². The van der Waals surface area contributed by atoms with Crippen molar-refractivity contribution in [1.82, 2.24) is 0 Å². The van der Waals surface area contributed by atoms with Crippen LogP contribution in [0.2, 0.25) is 0 Å². The highest BCUT2D eigenvalue weighted by atomic mass is 16.5. The molecule has 0 saturated heterocycles. The first kappa shape index (κ1) is 40.6. The fraction of sp³-hybridized carbons (Fsp3) is 0.327.